The van der Waals surface area contributed by atoms with Gasteiger partial charge in [-0.25, -0.2) is 0 Å². The number of rotatable bonds is 3. The number of amides is 1. The monoisotopic (exact) mass is 185 g/mol. The molecular weight excluding hydrogens is 174 g/mol. The lowest BCUT2D eigenvalue weighted by Crippen LogP contribution is -2.31. The first-order valence-corrected chi connectivity index (χ1v) is 4.01. The lowest BCUT2D eigenvalue weighted by Gasteiger charge is -2.12. The van der Waals surface area contributed by atoms with Crippen molar-refractivity contribution in [2.24, 2.45) is 0 Å². The maximum atomic E-state index is 11.2. The minimum absolute atomic E-state index is 0.351. The zero-order valence-electron chi connectivity index (χ0n) is 7.08. The highest BCUT2D eigenvalue weighted by Crippen LogP contribution is 2.10. The van der Waals surface area contributed by atoms with Gasteiger partial charge in [-0.3, -0.25) is 9.59 Å². The summed E-state index contributed by atoms with van der Waals surface area (Å²) >= 11 is 0. The van der Waals surface area contributed by atoms with E-state index in [1.54, 1.807) is 0 Å². The van der Waals surface area contributed by atoms with Crippen LogP contribution < -0.4 is 5.32 Å². The Labute approximate surface area is 75.4 Å². The second-order valence-corrected chi connectivity index (χ2v) is 2.69. The highest BCUT2D eigenvalue weighted by atomic mass is 16.5. The van der Waals surface area contributed by atoms with Crippen LogP contribution in [0.25, 0.3) is 0 Å². The van der Waals surface area contributed by atoms with E-state index in [1.165, 1.54) is 6.26 Å². The predicted octanol–water partition coefficient (Wildman–Crippen LogP) is -0.119. The largest absolute Gasteiger partial charge is 0.501 e. The third-order valence-corrected chi connectivity index (χ3v) is 1.63. The molecule has 72 valence electrons. The fourth-order valence-electron chi connectivity index (χ4n) is 1.00. The van der Waals surface area contributed by atoms with Crippen LogP contribution in [0.3, 0.4) is 0 Å². The minimum atomic E-state index is -1.05. The Hall–Kier alpha value is -1.52. The zero-order chi connectivity index (χ0) is 9.68. The molecule has 0 aromatic heterocycles. The fraction of sp³-hybridized carbons (Fsp3) is 0.500. The standard InChI is InChI=1S/C8H11NO4/c10-7(11)4-9-8(12)6-2-1-3-13-5-6/h5H,1-4H2,(H,9,12)(H,10,11). The summed E-state index contributed by atoms with van der Waals surface area (Å²) in [7, 11) is 0. The molecule has 0 atom stereocenters. The molecule has 0 saturated heterocycles. The molecule has 0 unspecified atom stereocenters. The summed E-state index contributed by atoms with van der Waals surface area (Å²) in [5.41, 5.74) is 0.507. The summed E-state index contributed by atoms with van der Waals surface area (Å²) in [5.74, 6) is -1.41. The van der Waals surface area contributed by atoms with E-state index in [9.17, 15) is 9.59 Å². The summed E-state index contributed by atoms with van der Waals surface area (Å²) in [6.45, 7) is 0.270. The highest BCUT2D eigenvalue weighted by molar-refractivity contribution is 5.94. The minimum Gasteiger partial charge on any atom is -0.501 e. The van der Waals surface area contributed by atoms with Crippen LogP contribution in [0.1, 0.15) is 12.8 Å². The molecule has 0 fully saturated rings. The number of hydrogen-bond donors (Lipinski definition) is 2. The molecule has 1 aliphatic heterocycles. The van der Waals surface area contributed by atoms with Crippen LogP contribution in [0.4, 0.5) is 0 Å². The topological polar surface area (TPSA) is 75.6 Å². The van der Waals surface area contributed by atoms with Crippen molar-refractivity contribution in [3.05, 3.63) is 11.8 Å². The predicted molar refractivity (Wildman–Crippen MR) is 43.9 cm³/mol. The van der Waals surface area contributed by atoms with Crippen molar-refractivity contribution >= 4 is 11.9 Å². The highest BCUT2D eigenvalue weighted by Gasteiger charge is 2.13. The number of nitrogens with one attached hydrogen (secondary N) is 1. The molecule has 1 aliphatic rings. The van der Waals surface area contributed by atoms with E-state index in [0.29, 0.717) is 18.6 Å². The van der Waals surface area contributed by atoms with Crippen molar-refractivity contribution in [1.82, 2.24) is 5.32 Å². The summed E-state index contributed by atoms with van der Waals surface area (Å²) in [4.78, 5) is 21.3. The van der Waals surface area contributed by atoms with Gasteiger partial charge in [-0.15, -0.1) is 0 Å². The van der Waals surface area contributed by atoms with E-state index in [0.717, 1.165) is 6.42 Å². The van der Waals surface area contributed by atoms with E-state index >= 15 is 0 Å². The second-order valence-electron chi connectivity index (χ2n) is 2.69. The van der Waals surface area contributed by atoms with Crippen LogP contribution in [0, 0.1) is 0 Å². The molecule has 5 heteroatoms. The molecule has 1 rings (SSSR count). The Bertz CT molecular complexity index is 247. The maximum absolute atomic E-state index is 11.2. The molecule has 0 bridgehead atoms. The third kappa shape index (κ3) is 3.14. The Morgan fingerprint density at radius 2 is 2.38 bits per heavy atom. The van der Waals surface area contributed by atoms with Gasteiger partial charge in [0.1, 0.15) is 6.54 Å². The van der Waals surface area contributed by atoms with Crippen molar-refractivity contribution in [2.45, 2.75) is 12.8 Å². The molecular formula is C8H11NO4. The van der Waals surface area contributed by atoms with Gasteiger partial charge in [0.2, 0.25) is 0 Å². The third-order valence-electron chi connectivity index (χ3n) is 1.63. The number of aliphatic carboxylic acids is 1. The van der Waals surface area contributed by atoms with Crippen molar-refractivity contribution in [3.63, 3.8) is 0 Å². The van der Waals surface area contributed by atoms with Crippen molar-refractivity contribution in [1.29, 1.82) is 0 Å². The van der Waals surface area contributed by atoms with Crippen LogP contribution in [0.5, 0.6) is 0 Å². The van der Waals surface area contributed by atoms with Gasteiger partial charge in [0.05, 0.1) is 18.4 Å². The Balaban J connectivity index is 2.38. The molecule has 2 N–H and O–H groups in total. The van der Waals surface area contributed by atoms with E-state index in [2.05, 4.69) is 5.32 Å². The first-order chi connectivity index (χ1) is 6.20. The fourth-order valence-corrected chi connectivity index (χ4v) is 1.00. The lowest BCUT2D eigenvalue weighted by atomic mass is 10.1. The second kappa shape index (κ2) is 4.49. The molecule has 1 heterocycles. The van der Waals surface area contributed by atoms with E-state index in [4.69, 9.17) is 9.84 Å². The van der Waals surface area contributed by atoms with E-state index < -0.39 is 5.97 Å². The van der Waals surface area contributed by atoms with Gasteiger partial charge < -0.3 is 15.2 Å². The first kappa shape index (κ1) is 9.57. The Kier molecular flexibility index (Phi) is 3.31. The van der Waals surface area contributed by atoms with Crippen molar-refractivity contribution in [3.8, 4) is 0 Å². The van der Waals surface area contributed by atoms with Crippen LogP contribution in [0.15, 0.2) is 11.8 Å². The first-order valence-electron chi connectivity index (χ1n) is 4.01. The molecule has 1 amide bonds. The summed E-state index contributed by atoms with van der Waals surface area (Å²) < 4.78 is 4.94. The molecule has 0 aliphatic carbocycles. The van der Waals surface area contributed by atoms with Gasteiger partial charge in [0.15, 0.2) is 0 Å². The Morgan fingerprint density at radius 3 is 2.92 bits per heavy atom. The molecule has 5 nitrogen and oxygen atoms in total. The van der Waals surface area contributed by atoms with Gasteiger partial charge in [-0.2, -0.15) is 0 Å². The summed E-state index contributed by atoms with van der Waals surface area (Å²) in [6.07, 6.45) is 2.83. The molecule has 0 radical (unpaired) electrons. The van der Waals surface area contributed by atoms with Gasteiger partial charge >= 0.3 is 5.97 Å². The molecule has 0 aromatic carbocycles. The van der Waals surface area contributed by atoms with E-state index in [-0.39, 0.29) is 12.5 Å². The molecule has 0 saturated carbocycles. The number of carbonyl (C=O) groups excluding carboxylic acids is 1. The van der Waals surface area contributed by atoms with Gasteiger partial charge in [0.25, 0.3) is 5.91 Å². The number of carboxylic acids is 1. The number of hydrogen-bond acceptors (Lipinski definition) is 3. The lowest BCUT2D eigenvalue weighted by molar-refractivity contribution is -0.137. The van der Waals surface area contributed by atoms with Crippen LogP contribution in [0.2, 0.25) is 0 Å². The van der Waals surface area contributed by atoms with Crippen LogP contribution in [-0.2, 0) is 14.3 Å². The number of carboxylic acid groups (broad SMARTS) is 1. The van der Waals surface area contributed by atoms with E-state index in [1.807, 2.05) is 0 Å². The molecule has 0 spiro atoms. The van der Waals surface area contributed by atoms with Gasteiger partial charge in [0, 0.05) is 0 Å². The zero-order valence-corrected chi connectivity index (χ0v) is 7.08. The molecule has 0 aromatic rings. The number of carbonyl (C=O) groups is 2. The maximum Gasteiger partial charge on any atom is 0.322 e. The quantitative estimate of drug-likeness (QED) is 0.642. The van der Waals surface area contributed by atoms with Crippen molar-refractivity contribution in [2.75, 3.05) is 13.2 Å². The average molecular weight is 185 g/mol. The summed E-state index contributed by atoms with van der Waals surface area (Å²) in [6, 6.07) is 0. The average Bonchev–Trinajstić information content (AvgIpc) is 2.15. The van der Waals surface area contributed by atoms with Crippen LogP contribution >= 0.6 is 0 Å². The SMILES string of the molecule is O=C(O)CNC(=O)C1=COCCC1. The number of ether oxygens (including phenoxy) is 1. The summed E-state index contributed by atoms with van der Waals surface area (Å²) in [5, 5.41) is 10.6. The normalized spacial score (nSPS) is 15.5. The van der Waals surface area contributed by atoms with Crippen LogP contribution in [-0.4, -0.2) is 30.1 Å². The van der Waals surface area contributed by atoms with Crippen molar-refractivity contribution < 1.29 is 19.4 Å². The smallest absolute Gasteiger partial charge is 0.322 e. The molecule has 13 heavy (non-hydrogen) atoms. The van der Waals surface area contributed by atoms with Gasteiger partial charge in [-0.05, 0) is 12.8 Å². The van der Waals surface area contributed by atoms with Gasteiger partial charge in [-0.1, -0.05) is 0 Å². The Morgan fingerprint density at radius 1 is 1.62 bits per heavy atom.